The van der Waals surface area contributed by atoms with E-state index in [2.05, 4.69) is 15.0 Å². The van der Waals surface area contributed by atoms with Crippen molar-refractivity contribution in [3.63, 3.8) is 0 Å². The molecular weight excluding hydrogens is 745 g/mol. The minimum Gasteiger partial charge on any atom is -0.352 e. The molecule has 0 unspecified atom stereocenters. The van der Waals surface area contributed by atoms with Crippen LogP contribution in [0.4, 0.5) is 11.4 Å². The molecule has 2 aromatic carbocycles. The Balaban J connectivity index is 1.51. The van der Waals surface area contributed by atoms with Crippen molar-refractivity contribution in [2.24, 2.45) is 5.11 Å². The number of azide groups is 1. The maximum Gasteiger partial charge on any atom is 0.474 e. The number of ether oxygens (including phenoxy) is 1. The van der Waals surface area contributed by atoms with Crippen LogP contribution in [-0.4, -0.2) is 79.7 Å². The molecule has 274 valence electrons. The largest absolute Gasteiger partial charge is 0.474 e. The van der Waals surface area contributed by atoms with Crippen LogP contribution < -0.4 is 11.2 Å². The van der Waals surface area contributed by atoms with Crippen molar-refractivity contribution in [2.75, 3.05) is 31.3 Å². The van der Waals surface area contributed by atoms with E-state index in [-0.39, 0.29) is 33.2 Å². The predicted octanol–water partition coefficient (Wildman–Crippen LogP) is 2.73. The Hall–Kier alpha value is -4.80. The van der Waals surface area contributed by atoms with Crippen molar-refractivity contribution in [2.45, 2.75) is 41.5 Å². The summed E-state index contributed by atoms with van der Waals surface area (Å²) >= 11 is 0. The van der Waals surface area contributed by atoms with Crippen molar-refractivity contribution in [3.8, 4) is 0 Å². The van der Waals surface area contributed by atoms with Gasteiger partial charge in [0.05, 0.1) is 63.1 Å². The molecule has 0 radical (unpaired) electrons. The number of nitro benzene ring substituents is 2. The Bertz CT molecular complexity index is 2120. The van der Waals surface area contributed by atoms with Gasteiger partial charge in [-0.1, -0.05) is 5.11 Å². The molecule has 0 bridgehead atoms. The van der Waals surface area contributed by atoms with E-state index < -0.39 is 98.3 Å². The Morgan fingerprint density at radius 3 is 1.88 bits per heavy atom. The average molecular weight is 774 g/mol. The monoisotopic (exact) mass is 773 g/mol. The minimum absolute atomic E-state index is 0.101. The molecule has 1 saturated heterocycles. The lowest BCUT2D eigenvalue weighted by Crippen LogP contribution is -2.33. The summed E-state index contributed by atoms with van der Waals surface area (Å²) in [6.07, 6.45) is -1.18. The average Bonchev–Trinajstić information content (AvgIpc) is 3.47. The Kier molecular flexibility index (Phi) is 12.3. The van der Waals surface area contributed by atoms with Crippen LogP contribution in [-0.2, 0) is 42.5 Å². The van der Waals surface area contributed by atoms with Crippen LogP contribution in [0.5, 0.6) is 0 Å². The molecule has 0 amide bonds. The van der Waals surface area contributed by atoms with Gasteiger partial charge in [-0.25, -0.2) is 26.2 Å². The van der Waals surface area contributed by atoms with Crippen LogP contribution in [0.3, 0.4) is 0 Å². The highest BCUT2D eigenvalue weighted by molar-refractivity contribution is 7.91. The van der Waals surface area contributed by atoms with Gasteiger partial charge in [0.15, 0.2) is 19.7 Å². The summed E-state index contributed by atoms with van der Waals surface area (Å²) in [4.78, 5) is 48.8. The lowest BCUT2D eigenvalue weighted by Gasteiger charge is -2.21. The number of aryl methyl sites for hydroxylation is 1. The van der Waals surface area contributed by atoms with E-state index in [0.29, 0.717) is 0 Å². The van der Waals surface area contributed by atoms with Gasteiger partial charge in [-0.2, -0.15) is 0 Å². The van der Waals surface area contributed by atoms with Gasteiger partial charge >= 0.3 is 13.5 Å². The van der Waals surface area contributed by atoms with Crippen LogP contribution in [0, 0.1) is 27.2 Å². The van der Waals surface area contributed by atoms with E-state index in [9.17, 15) is 51.2 Å². The van der Waals surface area contributed by atoms with Crippen molar-refractivity contribution in [1.82, 2.24) is 9.55 Å². The molecule has 51 heavy (non-hydrogen) atoms. The van der Waals surface area contributed by atoms with E-state index in [4.69, 9.17) is 23.8 Å². The van der Waals surface area contributed by atoms with Crippen LogP contribution in [0.15, 0.2) is 79.2 Å². The Morgan fingerprint density at radius 1 is 0.941 bits per heavy atom. The summed E-state index contributed by atoms with van der Waals surface area (Å²) in [7, 11) is -13.2. The molecule has 4 rings (SSSR count). The molecule has 2 heterocycles. The van der Waals surface area contributed by atoms with E-state index in [1.165, 1.54) is 13.1 Å². The van der Waals surface area contributed by atoms with Crippen LogP contribution >= 0.6 is 7.82 Å². The summed E-state index contributed by atoms with van der Waals surface area (Å²) in [5.74, 6) is -1.67. The highest BCUT2D eigenvalue weighted by Crippen LogP contribution is 2.50. The second-order valence-electron chi connectivity index (χ2n) is 10.7. The minimum atomic E-state index is -4.87. The first-order valence-electron chi connectivity index (χ1n) is 14.4. The summed E-state index contributed by atoms with van der Waals surface area (Å²) in [5.41, 5.74) is 7.05. The van der Waals surface area contributed by atoms with Crippen molar-refractivity contribution >= 4 is 38.9 Å². The van der Waals surface area contributed by atoms with Crippen LogP contribution in [0.25, 0.3) is 10.4 Å². The summed E-state index contributed by atoms with van der Waals surface area (Å²) in [6.45, 7) is -0.958. The molecule has 22 nitrogen and oxygen atoms in total. The van der Waals surface area contributed by atoms with Crippen LogP contribution in [0.2, 0.25) is 0 Å². The third kappa shape index (κ3) is 9.92. The second kappa shape index (κ2) is 16.0. The van der Waals surface area contributed by atoms with Crippen molar-refractivity contribution < 1.29 is 49.6 Å². The van der Waals surface area contributed by atoms with Gasteiger partial charge in [0, 0.05) is 47.4 Å². The number of nitro groups is 2. The lowest BCUT2D eigenvalue weighted by molar-refractivity contribution is -0.385. The molecule has 3 aromatic rings. The first-order chi connectivity index (χ1) is 23.9. The van der Waals surface area contributed by atoms with Gasteiger partial charge in [0.25, 0.3) is 16.9 Å². The van der Waals surface area contributed by atoms with Crippen LogP contribution in [0.1, 0.15) is 18.2 Å². The number of H-pyrrole nitrogens is 1. The number of sulfone groups is 2. The number of nitrogens with one attached hydrogen (secondary N) is 1. The maximum absolute atomic E-state index is 13.7. The summed E-state index contributed by atoms with van der Waals surface area (Å²) in [6, 6.07) is 6.79. The number of aromatic nitrogens is 2. The molecule has 1 fully saturated rings. The topological polar surface area (TPSA) is 312 Å². The highest BCUT2D eigenvalue weighted by Gasteiger charge is 2.39. The number of phosphoric ester groups is 1. The number of phosphoric acid groups is 1. The van der Waals surface area contributed by atoms with Crippen molar-refractivity contribution in [3.05, 3.63) is 112 Å². The first-order valence-corrected chi connectivity index (χ1v) is 19.2. The number of aromatic amines is 1. The molecular formula is C26H28N7O15PS2. The first kappa shape index (κ1) is 39.0. The van der Waals surface area contributed by atoms with E-state index in [1.807, 2.05) is 0 Å². The van der Waals surface area contributed by atoms with E-state index in [1.54, 1.807) is 0 Å². The number of rotatable bonds is 17. The van der Waals surface area contributed by atoms with Gasteiger partial charge in [0.2, 0.25) is 0 Å². The Morgan fingerprint density at radius 2 is 1.43 bits per heavy atom. The number of benzene rings is 2. The van der Waals surface area contributed by atoms with Gasteiger partial charge < -0.3 is 4.74 Å². The molecule has 3 atom stereocenters. The van der Waals surface area contributed by atoms with Gasteiger partial charge in [-0.3, -0.25) is 48.1 Å². The number of nitrogens with zero attached hydrogens (tertiary/aromatic N) is 6. The van der Waals surface area contributed by atoms with E-state index in [0.717, 1.165) is 53.1 Å². The molecule has 1 aliphatic heterocycles. The van der Waals surface area contributed by atoms with E-state index >= 15 is 0 Å². The van der Waals surface area contributed by atoms with Crippen molar-refractivity contribution in [1.29, 1.82) is 0 Å². The maximum atomic E-state index is 13.7. The second-order valence-corrected chi connectivity index (χ2v) is 16.6. The fourth-order valence-corrected chi connectivity index (χ4v) is 8.21. The fraction of sp³-hybridized carbons (Fsp3) is 0.385. The Labute approximate surface area is 287 Å². The SMILES string of the molecule is Cc1cn([C@H]2C[C@H](N=[N+]=[N-])[C@@H](COP(=O)(OCCS(=O)(=O)c3ccc([N+](=O)[O-])cc3)OCCS(=O)(=O)c3ccc([N+](=O)[O-])cc3)O2)c(=O)[nH]c1=O. The third-order valence-electron chi connectivity index (χ3n) is 7.27. The zero-order valence-corrected chi connectivity index (χ0v) is 28.8. The molecule has 0 spiro atoms. The molecule has 25 heteroatoms. The lowest BCUT2D eigenvalue weighted by atomic mass is 10.1. The summed E-state index contributed by atoms with van der Waals surface area (Å²) < 4.78 is 87.8. The fourth-order valence-electron chi connectivity index (χ4n) is 4.60. The highest BCUT2D eigenvalue weighted by atomic mass is 32.2. The molecule has 0 aliphatic carbocycles. The quantitative estimate of drug-likeness (QED) is 0.0515. The smallest absolute Gasteiger partial charge is 0.352 e. The standard InChI is InChI=1S/C26H28N7O15PS2/c1-17-15-31(26(35)28-25(17)34)24-14-22(29-30-27)23(48-24)16-47-49(40,45-10-12-50(41,42)20-6-2-18(3-7-20)32(36)37)46-11-13-51(43,44)21-8-4-19(5-9-21)33(38)39/h2-9,15,22-24H,10-14,16H2,1H3,(H,28,34,35)/t22-,23+,24+/m0/s1. The number of hydrogen-bond donors (Lipinski definition) is 1. The zero-order valence-electron chi connectivity index (χ0n) is 26.2. The number of hydrogen-bond acceptors (Lipinski definition) is 16. The zero-order chi connectivity index (χ0) is 37.6. The molecule has 1 aromatic heterocycles. The molecule has 1 aliphatic rings. The predicted molar refractivity (Wildman–Crippen MR) is 173 cm³/mol. The normalized spacial score (nSPS) is 17.9. The number of non-ortho nitro benzene ring substituents is 2. The molecule has 1 N–H and O–H groups in total. The van der Waals surface area contributed by atoms with Gasteiger partial charge in [-0.05, 0) is 36.7 Å². The third-order valence-corrected chi connectivity index (χ3v) is 12.1. The van der Waals surface area contributed by atoms with Gasteiger partial charge in [0.1, 0.15) is 6.23 Å². The van der Waals surface area contributed by atoms with Gasteiger partial charge in [-0.15, -0.1) is 0 Å². The molecule has 0 saturated carbocycles. The summed E-state index contributed by atoms with van der Waals surface area (Å²) in [5, 5.41) is 25.4.